The third-order valence-corrected chi connectivity index (χ3v) is 6.71. The molecule has 0 saturated carbocycles. The predicted molar refractivity (Wildman–Crippen MR) is 127 cm³/mol. The summed E-state index contributed by atoms with van der Waals surface area (Å²) in [7, 11) is 0. The van der Waals surface area contributed by atoms with Gasteiger partial charge in [0, 0.05) is 37.6 Å². The van der Waals surface area contributed by atoms with Crippen molar-refractivity contribution < 1.29 is 9.18 Å². The summed E-state index contributed by atoms with van der Waals surface area (Å²) in [5.41, 5.74) is 4.71. The van der Waals surface area contributed by atoms with Gasteiger partial charge in [0.2, 0.25) is 5.91 Å². The second-order valence-electron chi connectivity index (χ2n) is 8.65. The van der Waals surface area contributed by atoms with Gasteiger partial charge in [-0.05, 0) is 54.3 Å². The van der Waals surface area contributed by atoms with E-state index in [1.807, 2.05) is 30.3 Å². The molecule has 2 aliphatic heterocycles. The molecule has 0 aliphatic carbocycles. The van der Waals surface area contributed by atoms with E-state index in [1.54, 1.807) is 0 Å². The number of para-hydroxylation sites is 1. The number of fused-ring (bicyclic) bond motifs is 3. The lowest BCUT2D eigenvalue weighted by Gasteiger charge is -2.49. The molecule has 2 atom stereocenters. The first-order valence-electron chi connectivity index (χ1n) is 11.4. The Morgan fingerprint density at radius 2 is 1.69 bits per heavy atom. The quantitative estimate of drug-likeness (QED) is 0.665. The van der Waals surface area contributed by atoms with Crippen LogP contribution in [-0.2, 0) is 17.6 Å². The molecule has 1 amide bonds. The standard InChI is InChI=1S/C27H28FN3O/c28-22-10-12-23(13-11-22)30-16-17-31-25-9-5-4-8-21(25)18-24(26(31)19-30)27(32)29-15-14-20-6-2-1-3-7-20/h1-13,24,26H,14-19H2,(H,29,32)/t24-,26+/m1/s1. The molecule has 32 heavy (non-hydrogen) atoms. The average Bonchev–Trinajstić information content (AvgIpc) is 2.84. The maximum Gasteiger partial charge on any atom is 0.225 e. The van der Waals surface area contributed by atoms with Gasteiger partial charge in [0.05, 0.1) is 12.0 Å². The largest absolute Gasteiger partial charge is 0.368 e. The number of hydrogen-bond donors (Lipinski definition) is 1. The van der Waals surface area contributed by atoms with Gasteiger partial charge in [-0.25, -0.2) is 4.39 Å². The minimum atomic E-state index is -0.227. The van der Waals surface area contributed by atoms with Gasteiger partial charge < -0.3 is 15.1 Å². The topological polar surface area (TPSA) is 35.6 Å². The van der Waals surface area contributed by atoms with Gasteiger partial charge in [0.25, 0.3) is 0 Å². The number of hydrogen-bond acceptors (Lipinski definition) is 3. The number of amides is 1. The van der Waals surface area contributed by atoms with E-state index in [-0.39, 0.29) is 23.7 Å². The number of nitrogens with zero attached hydrogens (tertiary/aromatic N) is 2. The number of piperazine rings is 1. The van der Waals surface area contributed by atoms with Gasteiger partial charge >= 0.3 is 0 Å². The lowest BCUT2D eigenvalue weighted by molar-refractivity contribution is -0.125. The minimum Gasteiger partial charge on any atom is -0.368 e. The molecule has 1 saturated heterocycles. The van der Waals surface area contributed by atoms with Crippen molar-refractivity contribution in [3.8, 4) is 0 Å². The van der Waals surface area contributed by atoms with Crippen LogP contribution in [0.25, 0.3) is 0 Å². The Morgan fingerprint density at radius 1 is 0.938 bits per heavy atom. The maximum absolute atomic E-state index is 13.4. The van der Waals surface area contributed by atoms with Crippen LogP contribution in [0.4, 0.5) is 15.8 Å². The summed E-state index contributed by atoms with van der Waals surface area (Å²) in [5.74, 6) is -0.232. The third-order valence-electron chi connectivity index (χ3n) is 6.71. The van der Waals surface area contributed by atoms with Gasteiger partial charge in [-0.15, -0.1) is 0 Å². The first-order valence-corrected chi connectivity index (χ1v) is 11.4. The Balaban J connectivity index is 1.34. The Labute approximate surface area is 188 Å². The molecular weight excluding hydrogens is 401 g/mol. The van der Waals surface area contributed by atoms with E-state index in [2.05, 4.69) is 51.5 Å². The van der Waals surface area contributed by atoms with E-state index in [0.717, 1.165) is 38.2 Å². The normalized spacial score (nSPS) is 19.8. The molecule has 2 heterocycles. The minimum absolute atomic E-state index is 0.0837. The summed E-state index contributed by atoms with van der Waals surface area (Å²) in [5, 5.41) is 3.19. The lowest BCUT2D eigenvalue weighted by Crippen LogP contribution is -2.61. The molecule has 0 bridgehead atoms. The number of anilines is 2. The first-order chi connectivity index (χ1) is 15.7. The van der Waals surface area contributed by atoms with Crippen molar-refractivity contribution in [1.82, 2.24) is 5.32 Å². The van der Waals surface area contributed by atoms with Gasteiger partial charge in [-0.1, -0.05) is 48.5 Å². The summed E-state index contributed by atoms with van der Waals surface area (Å²) < 4.78 is 13.4. The number of carbonyl (C=O) groups is 1. The average molecular weight is 430 g/mol. The van der Waals surface area contributed by atoms with Crippen LogP contribution in [-0.4, -0.2) is 38.1 Å². The van der Waals surface area contributed by atoms with Gasteiger partial charge in [-0.2, -0.15) is 0 Å². The summed E-state index contributed by atoms with van der Waals surface area (Å²) in [6.07, 6.45) is 1.57. The van der Waals surface area contributed by atoms with Crippen LogP contribution < -0.4 is 15.1 Å². The molecule has 0 radical (unpaired) electrons. The number of halogens is 1. The van der Waals surface area contributed by atoms with Gasteiger partial charge in [0.1, 0.15) is 5.82 Å². The van der Waals surface area contributed by atoms with Crippen LogP contribution in [0.3, 0.4) is 0 Å². The van der Waals surface area contributed by atoms with E-state index in [1.165, 1.54) is 28.9 Å². The molecule has 0 aromatic heterocycles. The van der Waals surface area contributed by atoms with Crippen LogP contribution >= 0.6 is 0 Å². The van der Waals surface area contributed by atoms with E-state index in [4.69, 9.17) is 0 Å². The monoisotopic (exact) mass is 429 g/mol. The molecule has 0 unspecified atom stereocenters. The van der Waals surface area contributed by atoms with Crippen molar-refractivity contribution >= 4 is 17.3 Å². The van der Waals surface area contributed by atoms with E-state index < -0.39 is 0 Å². The Kier molecular flexibility index (Phi) is 5.80. The highest BCUT2D eigenvalue weighted by atomic mass is 19.1. The molecule has 5 rings (SSSR count). The molecule has 5 heteroatoms. The predicted octanol–water partition coefficient (Wildman–Crippen LogP) is 4.05. The highest BCUT2D eigenvalue weighted by Crippen LogP contribution is 2.36. The fourth-order valence-electron chi connectivity index (χ4n) is 5.05. The van der Waals surface area contributed by atoms with Crippen LogP contribution in [0.5, 0.6) is 0 Å². The summed E-state index contributed by atoms with van der Waals surface area (Å²) in [6.45, 7) is 3.07. The molecule has 0 spiro atoms. The molecule has 2 aliphatic rings. The van der Waals surface area contributed by atoms with Crippen LogP contribution in [0.1, 0.15) is 11.1 Å². The number of carbonyl (C=O) groups excluding carboxylic acids is 1. The SMILES string of the molecule is O=C(NCCc1ccccc1)[C@@H]1Cc2ccccc2N2CCN(c3ccc(F)cc3)C[C@@H]12. The van der Waals surface area contributed by atoms with E-state index in [9.17, 15) is 9.18 Å². The fourth-order valence-corrected chi connectivity index (χ4v) is 5.05. The van der Waals surface area contributed by atoms with Crippen LogP contribution in [0.15, 0.2) is 78.9 Å². The first kappa shape index (κ1) is 20.6. The highest BCUT2D eigenvalue weighted by molar-refractivity contribution is 5.82. The van der Waals surface area contributed by atoms with Crippen molar-refractivity contribution in [2.75, 3.05) is 36.0 Å². The smallest absolute Gasteiger partial charge is 0.225 e. The molecule has 1 fully saturated rings. The van der Waals surface area contributed by atoms with Crippen LogP contribution in [0.2, 0.25) is 0 Å². The van der Waals surface area contributed by atoms with Crippen molar-refractivity contribution in [2.45, 2.75) is 18.9 Å². The summed E-state index contributed by atoms with van der Waals surface area (Å²) >= 11 is 0. The zero-order valence-electron chi connectivity index (χ0n) is 18.1. The molecule has 3 aromatic carbocycles. The molecule has 1 N–H and O–H groups in total. The number of benzene rings is 3. The Morgan fingerprint density at radius 3 is 2.50 bits per heavy atom. The summed E-state index contributed by atoms with van der Waals surface area (Å²) in [4.78, 5) is 18.0. The van der Waals surface area contributed by atoms with Crippen molar-refractivity contribution in [2.24, 2.45) is 5.92 Å². The van der Waals surface area contributed by atoms with Crippen molar-refractivity contribution in [1.29, 1.82) is 0 Å². The second-order valence-corrected chi connectivity index (χ2v) is 8.65. The van der Waals surface area contributed by atoms with Crippen molar-refractivity contribution in [3.05, 3.63) is 95.8 Å². The number of nitrogens with one attached hydrogen (secondary N) is 1. The van der Waals surface area contributed by atoms with E-state index in [0.29, 0.717) is 6.54 Å². The second kappa shape index (κ2) is 9.03. The van der Waals surface area contributed by atoms with Gasteiger partial charge in [-0.3, -0.25) is 4.79 Å². The molecule has 164 valence electrons. The Hall–Kier alpha value is -3.34. The molecule has 3 aromatic rings. The molecule has 4 nitrogen and oxygen atoms in total. The van der Waals surface area contributed by atoms with Crippen molar-refractivity contribution in [3.63, 3.8) is 0 Å². The van der Waals surface area contributed by atoms with Gasteiger partial charge in [0.15, 0.2) is 0 Å². The maximum atomic E-state index is 13.4. The fraction of sp³-hybridized carbons (Fsp3) is 0.296. The highest BCUT2D eigenvalue weighted by Gasteiger charge is 2.41. The van der Waals surface area contributed by atoms with Crippen LogP contribution in [0, 0.1) is 11.7 Å². The van der Waals surface area contributed by atoms with E-state index >= 15 is 0 Å². The molecular formula is C27H28FN3O. The summed E-state index contributed by atoms with van der Waals surface area (Å²) in [6, 6.07) is 25.4. The third kappa shape index (κ3) is 4.20. The zero-order valence-corrected chi connectivity index (χ0v) is 18.1. The lowest BCUT2D eigenvalue weighted by atomic mass is 9.83. The number of rotatable bonds is 5. The zero-order chi connectivity index (χ0) is 21.9. The Bertz CT molecular complexity index is 1070.